The maximum Gasteiger partial charge on any atom is 0.457 e. The van der Waals surface area contributed by atoms with Crippen molar-refractivity contribution in [2.45, 2.75) is 71.9 Å². The number of amides is 2. The van der Waals surface area contributed by atoms with E-state index in [-0.39, 0.29) is 47.7 Å². The van der Waals surface area contributed by atoms with Crippen molar-refractivity contribution in [1.82, 2.24) is 9.88 Å². The van der Waals surface area contributed by atoms with Crippen molar-refractivity contribution in [2.75, 3.05) is 11.9 Å². The number of halogens is 2. The smallest absolute Gasteiger partial charge is 0.405 e. The van der Waals surface area contributed by atoms with E-state index >= 15 is 0 Å². The Morgan fingerprint density at radius 3 is 2.52 bits per heavy atom. The highest BCUT2D eigenvalue weighted by Gasteiger charge is 2.67. The third-order valence-electron chi connectivity index (χ3n) is 9.66. The average Bonchev–Trinajstić information content (AvgIpc) is 3.35. The van der Waals surface area contributed by atoms with E-state index < -0.39 is 29.2 Å². The van der Waals surface area contributed by atoms with E-state index in [1.807, 2.05) is 0 Å². The molecule has 4 atom stereocenters. The van der Waals surface area contributed by atoms with Crippen LogP contribution in [0.2, 0.25) is 6.32 Å². The molecule has 8 nitrogen and oxygen atoms in total. The van der Waals surface area contributed by atoms with Gasteiger partial charge in [-0.15, -0.1) is 0 Å². The predicted molar refractivity (Wildman–Crippen MR) is 146 cm³/mol. The Morgan fingerprint density at radius 2 is 1.85 bits per heavy atom. The normalized spacial score (nSPS) is 26.2. The molecule has 214 valence electrons. The van der Waals surface area contributed by atoms with Crippen LogP contribution in [0.1, 0.15) is 72.1 Å². The van der Waals surface area contributed by atoms with Gasteiger partial charge >= 0.3 is 7.12 Å². The first-order chi connectivity index (χ1) is 18.8. The molecule has 0 spiro atoms. The summed E-state index contributed by atoms with van der Waals surface area (Å²) >= 11 is 0. The molecule has 2 N–H and O–H groups in total. The second kappa shape index (κ2) is 10.1. The number of nitrogens with one attached hydrogen (secondary N) is 2. The number of benzene rings is 1. The molecule has 40 heavy (non-hydrogen) atoms. The van der Waals surface area contributed by atoms with Crippen LogP contribution in [0.15, 0.2) is 18.2 Å². The lowest BCUT2D eigenvalue weighted by Gasteiger charge is -2.64. The lowest BCUT2D eigenvalue weighted by molar-refractivity contribution is -0.199. The van der Waals surface area contributed by atoms with Gasteiger partial charge in [0.15, 0.2) is 11.6 Å². The van der Waals surface area contributed by atoms with Gasteiger partial charge in [-0.3, -0.25) is 14.4 Å². The van der Waals surface area contributed by atoms with E-state index in [0.29, 0.717) is 35.8 Å². The summed E-state index contributed by atoms with van der Waals surface area (Å²) in [7, 11) is 1.27. The van der Waals surface area contributed by atoms with Crippen LogP contribution >= 0.6 is 0 Å². The Morgan fingerprint density at radius 1 is 1.12 bits per heavy atom. The molecule has 4 unspecified atom stereocenters. The van der Waals surface area contributed by atoms with Crippen LogP contribution in [-0.2, 0) is 21.2 Å². The molecule has 2 bridgehead atoms. The number of nitrogens with zero attached hydrogens (tertiary/aromatic N) is 1. The van der Waals surface area contributed by atoms with Gasteiger partial charge in [-0.25, -0.2) is 8.78 Å². The van der Waals surface area contributed by atoms with Crippen molar-refractivity contribution in [3.63, 3.8) is 0 Å². The van der Waals surface area contributed by atoms with E-state index in [0.717, 1.165) is 18.6 Å². The maximum absolute atomic E-state index is 13.6. The number of carbonyl (C=O) groups is 3. The molecule has 6 rings (SSSR count). The summed E-state index contributed by atoms with van der Waals surface area (Å²) in [5.41, 5.74) is 1.10. The van der Waals surface area contributed by atoms with E-state index in [1.54, 1.807) is 20.9 Å². The number of Topliss-reactive ketones (excluding diaryl/α,β-unsaturated/α-hetero) is 1. The molecular weight excluding hydrogens is 519 g/mol. The molecule has 1 aromatic carbocycles. The Labute approximate surface area is 233 Å². The number of aromatic nitrogens is 1. The van der Waals surface area contributed by atoms with E-state index in [1.165, 1.54) is 17.1 Å². The summed E-state index contributed by atoms with van der Waals surface area (Å²) in [5.74, 6) is -3.09. The topological polar surface area (TPSA) is 98.7 Å². The van der Waals surface area contributed by atoms with Gasteiger partial charge in [-0.05, 0) is 81.3 Å². The fourth-order valence-corrected chi connectivity index (χ4v) is 7.14. The Balaban J connectivity index is 1.16. The first-order valence-electron chi connectivity index (χ1n) is 13.8. The van der Waals surface area contributed by atoms with Gasteiger partial charge in [0.2, 0.25) is 0 Å². The quantitative estimate of drug-likeness (QED) is 0.215. The second-order valence-corrected chi connectivity index (χ2v) is 12.2. The first kappa shape index (κ1) is 28.5. The van der Waals surface area contributed by atoms with Crippen LogP contribution in [0, 0.1) is 42.7 Å². The molecule has 3 saturated carbocycles. The van der Waals surface area contributed by atoms with Gasteiger partial charge in [0.05, 0.1) is 17.3 Å². The molecule has 0 radical (unpaired) electrons. The summed E-state index contributed by atoms with van der Waals surface area (Å²) in [6.45, 7) is 10.3. The molecule has 2 heterocycles. The summed E-state index contributed by atoms with van der Waals surface area (Å²) in [5, 5.41) is 5.20. The Kier molecular flexibility index (Phi) is 7.19. The number of ketones is 1. The van der Waals surface area contributed by atoms with Crippen LogP contribution in [-0.4, -0.2) is 47.5 Å². The molecular formula is C29H36BF2N3O5. The van der Waals surface area contributed by atoms with E-state index in [4.69, 9.17) is 9.31 Å². The molecule has 3 aliphatic carbocycles. The van der Waals surface area contributed by atoms with Gasteiger partial charge in [0.25, 0.3) is 17.6 Å². The van der Waals surface area contributed by atoms with Crippen LogP contribution in [0.25, 0.3) is 0 Å². The van der Waals surface area contributed by atoms with Crippen LogP contribution in [0.3, 0.4) is 0 Å². The van der Waals surface area contributed by atoms with Gasteiger partial charge in [-0.1, -0.05) is 13.8 Å². The number of hydrogen-bond donors (Lipinski definition) is 2. The molecule has 1 saturated heterocycles. The summed E-state index contributed by atoms with van der Waals surface area (Å²) < 4.78 is 40.9. The van der Waals surface area contributed by atoms with Gasteiger partial charge in [-0.2, -0.15) is 0 Å². The minimum absolute atomic E-state index is 0.0666. The molecule has 4 fully saturated rings. The SMILES string of the molecule is Cc1c(C(=O)C(=O)NCCCB2OC3CC4CC(C4(C)C)C3(C)O2)c(C)n(C)c1C(=O)Nc1ccc(F)c(F)c1. The molecule has 2 amide bonds. The van der Waals surface area contributed by atoms with Crippen molar-refractivity contribution in [3.05, 3.63) is 52.3 Å². The zero-order valence-electron chi connectivity index (χ0n) is 23.8. The highest BCUT2D eigenvalue weighted by Crippen LogP contribution is 2.65. The largest absolute Gasteiger partial charge is 0.457 e. The van der Waals surface area contributed by atoms with Crippen LogP contribution in [0.5, 0.6) is 0 Å². The van der Waals surface area contributed by atoms with Crippen molar-refractivity contribution in [2.24, 2.45) is 24.3 Å². The van der Waals surface area contributed by atoms with Gasteiger partial charge in [0.1, 0.15) is 5.69 Å². The Hall–Kier alpha value is -3.05. The zero-order valence-corrected chi connectivity index (χ0v) is 23.8. The number of hydrogen-bond acceptors (Lipinski definition) is 5. The minimum atomic E-state index is -1.09. The molecule has 2 aromatic rings. The highest BCUT2D eigenvalue weighted by atomic mass is 19.2. The molecule has 1 aliphatic heterocycles. The maximum atomic E-state index is 13.6. The standard InChI is InChI=1S/C29H36BF2N3O5/c1-15-23(16(2)35(6)24(15)26(37)34-18-8-9-19(31)20(32)14-18)25(36)27(38)33-11-7-10-30-39-22-13-17-12-21(28(17,3)4)29(22,5)40-30/h8-9,14,17,21-22H,7,10-13H2,1-6H3,(H,33,38)(H,34,37). The average molecular weight is 555 g/mol. The number of rotatable bonds is 8. The third kappa shape index (κ3) is 4.57. The molecule has 1 aromatic heterocycles. The van der Waals surface area contributed by atoms with Crippen molar-refractivity contribution in [1.29, 1.82) is 0 Å². The van der Waals surface area contributed by atoms with E-state index in [2.05, 4.69) is 31.4 Å². The number of anilines is 1. The minimum Gasteiger partial charge on any atom is -0.405 e. The van der Waals surface area contributed by atoms with Crippen LogP contribution < -0.4 is 10.6 Å². The van der Waals surface area contributed by atoms with Crippen molar-refractivity contribution < 1.29 is 32.5 Å². The Bertz CT molecular complexity index is 1390. The fourth-order valence-electron chi connectivity index (χ4n) is 7.14. The summed E-state index contributed by atoms with van der Waals surface area (Å²) in [4.78, 5) is 38.8. The fraction of sp³-hybridized carbons (Fsp3) is 0.552. The summed E-state index contributed by atoms with van der Waals surface area (Å²) in [6, 6.07) is 3.02. The molecule has 4 aliphatic rings. The lowest BCUT2D eigenvalue weighted by Crippen LogP contribution is -2.65. The molecule has 11 heteroatoms. The lowest BCUT2D eigenvalue weighted by atomic mass is 9.43. The summed E-state index contributed by atoms with van der Waals surface area (Å²) in [6.07, 6.45) is 3.48. The highest BCUT2D eigenvalue weighted by molar-refractivity contribution is 6.45. The van der Waals surface area contributed by atoms with Crippen molar-refractivity contribution in [3.8, 4) is 0 Å². The monoisotopic (exact) mass is 555 g/mol. The second-order valence-electron chi connectivity index (χ2n) is 12.2. The van der Waals surface area contributed by atoms with Gasteiger partial charge in [0, 0.05) is 31.0 Å². The van der Waals surface area contributed by atoms with Crippen molar-refractivity contribution >= 4 is 30.4 Å². The first-order valence-corrected chi connectivity index (χ1v) is 13.8. The number of carbonyl (C=O) groups excluding carboxylic acids is 3. The third-order valence-corrected chi connectivity index (χ3v) is 9.66. The van der Waals surface area contributed by atoms with E-state index in [9.17, 15) is 23.2 Å². The predicted octanol–water partition coefficient (Wildman–Crippen LogP) is 4.59. The van der Waals surface area contributed by atoms with Gasteiger partial charge < -0.3 is 24.5 Å². The van der Waals surface area contributed by atoms with Crippen LogP contribution in [0.4, 0.5) is 14.5 Å². The zero-order chi connectivity index (χ0) is 29.1.